The Morgan fingerprint density at radius 2 is 2.09 bits per heavy atom. The van der Waals surface area contributed by atoms with Gasteiger partial charge in [0.1, 0.15) is 5.75 Å². The molecule has 2 fully saturated rings. The number of aliphatic hydroxyl groups excluding tert-OH is 2. The number of fused-ring (bicyclic) bond motifs is 5. The summed E-state index contributed by atoms with van der Waals surface area (Å²) in [6, 6.07) is 6.32. The highest BCUT2D eigenvalue weighted by molar-refractivity contribution is 5.40. The third kappa shape index (κ3) is 2.02. The molecule has 5 atom stereocenters. The smallest absolute Gasteiger partial charge is 0.186 e. The lowest BCUT2D eigenvalue weighted by Gasteiger charge is -2.50. The van der Waals surface area contributed by atoms with E-state index >= 15 is 0 Å². The Labute approximate surface area is 132 Å². The summed E-state index contributed by atoms with van der Waals surface area (Å²) >= 11 is 0. The number of ether oxygens (including phenoxy) is 1. The van der Waals surface area contributed by atoms with Crippen LogP contribution in [0.5, 0.6) is 5.75 Å². The molecule has 120 valence electrons. The molecule has 2 N–H and O–H groups in total. The second-order valence-corrected chi connectivity index (χ2v) is 7.69. The predicted octanol–water partition coefficient (Wildman–Crippen LogP) is 3.23. The van der Waals surface area contributed by atoms with Crippen LogP contribution in [0.3, 0.4) is 0 Å². The second-order valence-electron chi connectivity index (χ2n) is 7.69. The zero-order chi connectivity index (χ0) is 15.3. The van der Waals surface area contributed by atoms with E-state index in [0.717, 1.165) is 30.9 Å². The van der Waals surface area contributed by atoms with Gasteiger partial charge in [0.25, 0.3) is 0 Å². The van der Waals surface area contributed by atoms with E-state index in [2.05, 4.69) is 19.1 Å². The summed E-state index contributed by atoms with van der Waals surface area (Å²) in [4.78, 5) is 0. The third-order valence-corrected chi connectivity index (χ3v) is 6.88. The predicted molar refractivity (Wildman–Crippen MR) is 84.8 cm³/mol. The maximum absolute atomic E-state index is 10.4. The molecule has 3 aliphatic rings. The number of hydrogen-bond donors (Lipinski definition) is 2. The van der Waals surface area contributed by atoms with Gasteiger partial charge < -0.3 is 14.9 Å². The fourth-order valence-electron chi connectivity index (χ4n) is 5.70. The van der Waals surface area contributed by atoms with Crippen molar-refractivity contribution in [1.82, 2.24) is 0 Å². The van der Waals surface area contributed by atoms with Crippen molar-refractivity contribution >= 4 is 0 Å². The Bertz CT molecular complexity index is 570. The maximum Gasteiger partial charge on any atom is 0.186 e. The first kappa shape index (κ1) is 14.5. The fourth-order valence-corrected chi connectivity index (χ4v) is 5.70. The molecule has 3 heteroatoms. The minimum absolute atomic E-state index is 0.0971. The molecule has 2 saturated carbocycles. The highest BCUT2D eigenvalue weighted by Gasteiger charge is 2.54. The van der Waals surface area contributed by atoms with Gasteiger partial charge in [-0.15, -0.1) is 0 Å². The normalized spacial score (nSPS) is 39.8. The number of hydrogen-bond acceptors (Lipinski definition) is 3. The van der Waals surface area contributed by atoms with E-state index in [-0.39, 0.29) is 18.3 Å². The minimum Gasteiger partial charge on any atom is -0.468 e. The van der Waals surface area contributed by atoms with Crippen LogP contribution in [0.4, 0.5) is 0 Å². The topological polar surface area (TPSA) is 49.7 Å². The van der Waals surface area contributed by atoms with Gasteiger partial charge in [-0.25, -0.2) is 0 Å². The first-order chi connectivity index (χ1) is 10.6. The van der Waals surface area contributed by atoms with E-state index in [1.54, 1.807) is 0 Å². The van der Waals surface area contributed by atoms with Crippen molar-refractivity contribution in [3.63, 3.8) is 0 Å². The van der Waals surface area contributed by atoms with Gasteiger partial charge in [0.05, 0.1) is 6.10 Å². The average molecular weight is 302 g/mol. The van der Waals surface area contributed by atoms with Crippen molar-refractivity contribution in [2.24, 2.45) is 17.3 Å². The standard InChI is InChI=1S/C19H26O3/c1-19-9-8-15-14-5-3-13(22-11-20)10-12(14)2-4-16(15)17(19)6-7-18(19)21/h3,5,10,15-18,20-21H,2,4,6-9,11H2,1H3/t15-,16-,17+,18+,19+/m1/s1. The van der Waals surface area contributed by atoms with Crippen LogP contribution in [0.25, 0.3) is 0 Å². The van der Waals surface area contributed by atoms with E-state index in [1.807, 2.05) is 6.07 Å². The molecule has 0 radical (unpaired) electrons. The van der Waals surface area contributed by atoms with Crippen molar-refractivity contribution < 1.29 is 14.9 Å². The minimum atomic E-state index is -0.261. The SMILES string of the molecule is C[C@]12CC[C@@H]3c4ccc(OCO)cc4CC[C@H]3[C@@H]1CC[C@@H]2O. The molecule has 0 aromatic heterocycles. The lowest BCUT2D eigenvalue weighted by atomic mass is 9.55. The van der Waals surface area contributed by atoms with Crippen LogP contribution in [-0.2, 0) is 6.42 Å². The van der Waals surface area contributed by atoms with Crippen LogP contribution in [0.2, 0.25) is 0 Å². The summed E-state index contributed by atoms with van der Waals surface area (Å²) in [7, 11) is 0. The van der Waals surface area contributed by atoms with Crippen molar-refractivity contribution in [2.75, 3.05) is 6.79 Å². The first-order valence-corrected chi connectivity index (χ1v) is 8.68. The average Bonchev–Trinajstić information content (AvgIpc) is 2.83. The van der Waals surface area contributed by atoms with E-state index in [1.165, 1.54) is 30.4 Å². The van der Waals surface area contributed by atoms with E-state index in [0.29, 0.717) is 11.8 Å². The van der Waals surface area contributed by atoms with Crippen molar-refractivity contribution in [3.05, 3.63) is 29.3 Å². The molecule has 3 aliphatic carbocycles. The zero-order valence-electron chi connectivity index (χ0n) is 13.3. The van der Waals surface area contributed by atoms with Crippen molar-refractivity contribution in [3.8, 4) is 5.75 Å². The Kier molecular flexibility index (Phi) is 3.46. The highest BCUT2D eigenvalue weighted by Crippen LogP contribution is 2.60. The van der Waals surface area contributed by atoms with Crippen LogP contribution in [0, 0.1) is 17.3 Å². The molecule has 0 heterocycles. The molecule has 1 aromatic rings. The summed E-state index contributed by atoms with van der Waals surface area (Å²) < 4.78 is 5.23. The second kappa shape index (κ2) is 5.24. The van der Waals surface area contributed by atoms with Gasteiger partial charge in [-0.05, 0) is 85.0 Å². The Morgan fingerprint density at radius 1 is 1.23 bits per heavy atom. The molecule has 0 bridgehead atoms. The van der Waals surface area contributed by atoms with Crippen LogP contribution >= 0.6 is 0 Å². The van der Waals surface area contributed by atoms with Gasteiger partial charge in [-0.3, -0.25) is 0 Å². The largest absolute Gasteiger partial charge is 0.468 e. The highest BCUT2D eigenvalue weighted by atomic mass is 16.6. The van der Waals surface area contributed by atoms with Crippen LogP contribution in [-0.4, -0.2) is 23.1 Å². The summed E-state index contributed by atoms with van der Waals surface area (Å²) in [5.41, 5.74) is 3.04. The first-order valence-electron chi connectivity index (χ1n) is 8.68. The quantitative estimate of drug-likeness (QED) is 0.825. The van der Waals surface area contributed by atoms with Crippen LogP contribution < -0.4 is 4.74 Å². The lowest BCUT2D eigenvalue weighted by molar-refractivity contribution is -0.0226. The molecule has 0 amide bonds. The Morgan fingerprint density at radius 3 is 2.91 bits per heavy atom. The van der Waals surface area contributed by atoms with Gasteiger partial charge in [0, 0.05) is 0 Å². The van der Waals surface area contributed by atoms with Crippen LogP contribution in [0.1, 0.15) is 56.1 Å². The lowest BCUT2D eigenvalue weighted by Crippen LogP contribution is -2.43. The van der Waals surface area contributed by atoms with Gasteiger partial charge in [0.2, 0.25) is 0 Å². The molecule has 3 nitrogen and oxygen atoms in total. The molecule has 0 spiro atoms. The number of aryl methyl sites for hydroxylation is 1. The van der Waals surface area contributed by atoms with E-state index in [4.69, 9.17) is 9.84 Å². The molecule has 0 saturated heterocycles. The van der Waals surface area contributed by atoms with E-state index < -0.39 is 0 Å². The van der Waals surface area contributed by atoms with Crippen LogP contribution in [0.15, 0.2) is 18.2 Å². The molecule has 1 aromatic carbocycles. The maximum atomic E-state index is 10.4. The number of rotatable bonds is 2. The van der Waals surface area contributed by atoms with Gasteiger partial charge in [-0.1, -0.05) is 13.0 Å². The molecule has 4 rings (SSSR count). The zero-order valence-corrected chi connectivity index (χ0v) is 13.3. The Balaban J connectivity index is 1.64. The molecular formula is C19H26O3. The monoisotopic (exact) mass is 302 g/mol. The van der Waals surface area contributed by atoms with Gasteiger partial charge >= 0.3 is 0 Å². The molecule has 0 aliphatic heterocycles. The molecular weight excluding hydrogens is 276 g/mol. The van der Waals surface area contributed by atoms with Crippen molar-refractivity contribution in [2.45, 2.75) is 57.5 Å². The summed E-state index contributed by atoms with van der Waals surface area (Å²) in [5.74, 6) is 2.84. The van der Waals surface area contributed by atoms with Gasteiger partial charge in [0.15, 0.2) is 6.79 Å². The fraction of sp³-hybridized carbons (Fsp3) is 0.684. The third-order valence-electron chi connectivity index (χ3n) is 6.88. The molecule has 22 heavy (non-hydrogen) atoms. The molecule has 0 unspecified atom stereocenters. The van der Waals surface area contributed by atoms with E-state index in [9.17, 15) is 5.11 Å². The summed E-state index contributed by atoms with van der Waals surface area (Å²) in [6.07, 6.45) is 6.76. The van der Waals surface area contributed by atoms with Gasteiger partial charge in [-0.2, -0.15) is 0 Å². The Hall–Kier alpha value is -1.06. The summed E-state index contributed by atoms with van der Waals surface area (Å²) in [5, 5.41) is 19.3. The number of benzene rings is 1. The number of aliphatic hydroxyl groups is 2. The van der Waals surface area contributed by atoms with Crippen molar-refractivity contribution in [1.29, 1.82) is 0 Å². The summed E-state index contributed by atoms with van der Waals surface area (Å²) in [6.45, 7) is 2.06.